The predicted octanol–water partition coefficient (Wildman–Crippen LogP) is 2.46. The van der Waals surface area contributed by atoms with Gasteiger partial charge in [-0.25, -0.2) is 4.79 Å². The summed E-state index contributed by atoms with van der Waals surface area (Å²) in [7, 11) is 0. The number of halogens is 2. The van der Waals surface area contributed by atoms with Crippen LogP contribution in [0.4, 0.5) is 4.79 Å². The SMILES string of the molecule is C[C@H](Cc1c(Cl)cccc1Cl)NC(=O)N1CCNC(=O)CC1. The van der Waals surface area contributed by atoms with Gasteiger partial charge in [-0.2, -0.15) is 0 Å². The molecule has 22 heavy (non-hydrogen) atoms. The molecule has 7 heteroatoms. The van der Waals surface area contributed by atoms with Crippen molar-refractivity contribution in [3.63, 3.8) is 0 Å². The van der Waals surface area contributed by atoms with Gasteiger partial charge in [0.15, 0.2) is 0 Å². The molecule has 1 atom stereocenters. The highest BCUT2D eigenvalue weighted by atomic mass is 35.5. The minimum Gasteiger partial charge on any atom is -0.354 e. The summed E-state index contributed by atoms with van der Waals surface area (Å²) in [5.74, 6) is -0.0220. The Bertz CT molecular complexity index is 545. The molecule has 3 amide bonds. The maximum atomic E-state index is 12.2. The van der Waals surface area contributed by atoms with Crippen molar-refractivity contribution in [2.75, 3.05) is 19.6 Å². The van der Waals surface area contributed by atoms with Crippen LogP contribution in [-0.2, 0) is 11.2 Å². The van der Waals surface area contributed by atoms with E-state index in [1.54, 1.807) is 23.1 Å². The van der Waals surface area contributed by atoms with Crippen LogP contribution < -0.4 is 10.6 Å². The first-order valence-corrected chi connectivity index (χ1v) is 7.98. The van der Waals surface area contributed by atoms with Crippen LogP contribution in [-0.4, -0.2) is 42.5 Å². The Morgan fingerprint density at radius 2 is 2.05 bits per heavy atom. The minimum absolute atomic E-state index is 0.0220. The molecule has 0 unspecified atom stereocenters. The normalized spacial score (nSPS) is 16.7. The van der Waals surface area contributed by atoms with Crippen molar-refractivity contribution in [1.29, 1.82) is 0 Å². The van der Waals surface area contributed by atoms with Gasteiger partial charge in [0, 0.05) is 42.1 Å². The Kier molecular flexibility index (Phi) is 5.91. The molecule has 2 N–H and O–H groups in total. The van der Waals surface area contributed by atoms with Crippen molar-refractivity contribution in [1.82, 2.24) is 15.5 Å². The molecule has 1 aromatic carbocycles. The molecule has 0 aromatic heterocycles. The van der Waals surface area contributed by atoms with E-state index in [-0.39, 0.29) is 18.0 Å². The second-order valence-corrected chi connectivity index (χ2v) is 6.16. The lowest BCUT2D eigenvalue weighted by Gasteiger charge is -2.23. The van der Waals surface area contributed by atoms with E-state index in [1.807, 2.05) is 6.92 Å². The van der Waals surface area contributed by atoms with Crippen molar-refractivity contribution in [2.24, 2.45) is 0 Å². The Morgan fingerprint density at radius 3 is 2.73 bits per heavy atom. The number of rotatable bonds is 3. The zero-order valence-corrected chi connectivity index (χ0v) is 13.9. The van der Waals surface area contributed by atoms with Gasteiger partial charge in [0.2, 0.25) is 5.91 Å². The molecular formula is C15H19Cl2N3O2. The Morgan fingerprint density at radius 1 is 1.36 bits per heavy atom. The lowest BCUT2D eigenvalue weighted by atomic mass is 10.1. The van der Waals surface area contributed by atoms with E-state index in [4.69, 9.17) is 23.2 Å². The van der Waals surface area contributed by atoms with Crippen LogP contribution in [0.15, 0.2) is 18.2 Å². The summed E-state index contributed by atoms with van der Waals surface area (Å²) in [6.07, 6.45) is 0.882. The highest BCUT2D eigenvalue weighted by Gasteiger charge is 2.20. The van der Waals surface area contributed by atoms with Gasteiger partial charge in [-0.05, 0) is 31.0 Å². The van der Waals surface area contributed by atoms with Gasteiger partial charge >= 0.3 is 6.03 Å². The fourth-order valence-corrected chi connectivity index (χ4v) is 2.91. The average molecular weight is 344 g/mol. The molecule has 2 rings (SSSR count). The fourth-order valence-electron chi connectivity index (χ4n) is 2.36. The third-order valence-electron chi connectivity index (χ3n) is 3.54. The van der Waals surface area contributed by atoms with Gasteiger partial charge in [-0.3, -0.25) is 4.79 Å². The number of carbonyl (C=O) groups is 2. The summed E-state index contributed by atoms with van der Waals surface area (Å²) < 4.78 is 0. The minimum atomic E-state index is -0.174. The van der Waals surface area contributed by atoms with Gasteiger partial charge < -0.3 is 15.5 Å². The van der Waals surface area contributed by atoms with Gasteiger partial charge in [0.1, 0.15) is 0 Å². The Balaban J connectivity index is 1.92. The van der Waals surface area contributed by atoms with Gasteiger partial charge in [0.05, 0.1) is 0 Å². The lowest BCUT2D eigenvalue weighted by Crippen LogP contribution is -2.45. The number of benzene rings is 1. The highest BCUT2D eigenvalue weighted by molar-refractivity contribution is 6.36. The highest BCUT2D eigenvalue weighted by Crippen LogP contribution is 2.25. The molecule has 1 aliphatic rings. The largest absolute Gasteiger partial charge is 0.354 e. The molecule has 120 valence electrons. The van der Waals surface area contributed by atoms with Crippen molar-refractivity contribution < 1.29 is 9.59 Å². The summed E-state index contributed by atoms with van der Waals surface area (Å²) in [6.45, 7) is 3.32. The topological polar surface area (TPSA) is 61.4 Å². The summed E-state index contributed by atoms with van der Waals surface area (Å²) >= 11 is 12.3. The van der Waals surface area contributed by atoms with Crippen LogP contribution in [0.2, 0.25) is 10.0 Å². The number of carbonyl (C=O) groups excluding carboxylic acids is 2. The second-order valence-electron chi connectivity index (χ2n) is 5.34. The number of urea groups is 1. The van der Waals surface area contributed by atoms with E-state index in [2.05, 4.69) is 10.6 Å². The molecule has 0 radical (unpaired) electrons. The number of nitrogens with zero attached hydrogens (tertiary/aromatic N) is 1. The average Bonchev–Trinajstić information content (AvgIpc) is 2.68. The Hall–Kier alpha value is -1.46. The van der Waals surface area contributed by atoms with Crippen molar-refractivity contribution >= 4 is 35.1 Å². The third-order valence-corrected chi connectivity index (χ3v) is 4.25. The monoisotopic (exact) mass is 343 g/mol. The van der Waals surface area contributed by atoms with Gasteiger partial charge in [0.25, 0.3) is 0 Å². The maximum Gasteiger partial charge on any atom is 0.317 e. The standard InChI is InChI=1S/C15H19Cl2N3O2/c1-10(9-11-12(16)3-2-4-13(11)17)19-15(22)20-7-5-14(21)18-6-8-20/h2-4,10H,5-9H2,1H3,(H,18,21)(H,19,22)/t10-/m1/s1. The Labute approximate surface area is 139 Å². The quantitative estimate of drug-likeness (QED) is 0.885. The predicted molar refractivity (Wildman–Crippen MR) is 87.4 cm³/mol. The van der Waals surface area contributed by atoms with Crippen LogP contribution in [0, 0.1) is 0 Å². The molecule has 1 heterocycles. The summed E-state index contributed by atoms with van der Waals surface area (Å²) in [4.78, 5) is 25.2. The molecular weight excluding hydrogens is 325 g/mol. The van der Waals surface area contributed by atoms with E-state index >= 15 is 0 Å². The molecule has 1 fully saturated rings. The van der Waals surface area contributed by atoms with Crippen molar-refractivity contribution in [3.8, 4) is 0 Å². The molecule has 0 bridgehead atoms. The molecule has 0 spiro atoms. The van der Waals surface area contributed by atoms with E-state index in [1.165, 1.54) is 0 Å². The zero-order valence-electron chi connectivity index (χ0n) is 12.4. The van der Waals surface area contributed by atoms with Gasteiger partial charge in [-0.1, -0.05) is 29.3 Å². The van der Waals surface area contributed by atoms with E-state index in [9.17, 15) is 9.59 Å². The molecule has 1 aromatic rings. The van der Waals surface area contributed by atoms with E-state index in [0.29, 0.717) is 42.5 Å². The summed E-state index contributed by atoms with van der Waals surface area (Å²) in [6, 6.07) is 5.06. The first-order valence-electron chi connectivity index (χ1n) is 7.22. The number of amides is 3. The van der Waals surface area contributed by atoms with Crippen molar-refractivity contribution in [3.05, 3.63) is 33.8 Å². The van der Waals surface area contributed by atoms with Gasteiger partial charge in [-0.15, -0.1) is 0 Å². The lowest BCUT2D eigenvalue weighted by molar-refractivity contribution is -0.120. The number of hydrogen-bond donors (Lipinski definition) is 2. The first-order chi connectivity index (χ1) is 10.5. The smallest absolute Gasteiger partial charge is 0.317 e. The van der Waals surface area contributed by atoms with E-state index < -0.39 is 0 Å². The van der Waals surface area contributed by atoms with Crippen LogP contribution >= 0.6 is 23.2 Å². The van der Waals surface area contributed by atoms with Crippen molar-refractivity contribution in [2.45, 2.75) is 25.8 Å². The van der Waals surface area contributed by atoms with Crippen LogP contribution in [0.1, 0.15) is 18.9 Å². The fraction of sp³-hybridized carbons (Fsp3) is 0.467. The van der Waals surface area contributed by atoms with Crippen LogP contribution in [0.25, 0.3) is 0 Å². The van der Waals surface area contributed by atoms with Crippen LogP contribution in [0.5, 0.6) is 0 Å². The molecule has 5 nitrogen and oxygen atoms in total. The summed E-state index contributed by atoms with van der Waals surface area (Å²) in [5, 5.41) is 6.86. The molecule has 0 saturated carbocycles. The second kappa shape index (κ2) is 7.70. The first kappa shape index (κ1) is 16.9. The third kappa shape index (κ3) is 4.52. The summed E-state index contributed by atoms with van der Waals surface area (Å²) in [5.41, 5.74) is 0.825. The van der Waals surface area contributed by atoms with Crippen LogP contribution in [0.3, 0.4) is 0 Å². The number of hydrogen-bond acceptors (Lipinski definition) is 2. The number of nitrogens with one attached hydrogen (secondary N) is 2. The molecule has 1 aliphatic heterocycles. The maximum absolute atomic E-state index is 12.2. The zero-order chi connectivity index (χ0) is 16.1. The molecule has 1 saturated heterocycles. The van der Waals surface area contributed by atoms with E-state index in [0.717, 1.165) is 5.56 Å². The molecule has 0 aliphatic carbocycles.